The van der Waals surface area contributed by atoms with Gasteiger partial charge in [-0.2, -0.15) is 0 Å². The van der Waals surface area contributed by atoms with Crippen LogP contribution >= 0.6 is 0 Å². The molecule has 2 heteroatoms. The Balaban J connectivity index is 1.70. The van der Waals surface area contributed by atoms with E-state index >= 15 is 0 Å². The summed E-state index contributed by atoms with van der Waals surface area (Å²) in [6.07, 6.45) is 5.24. The fourth-order valence-electron chi connectivity index (χ4n) is 2.68. The first kappa shape index (κ1) is 14.5. The fraction of sp³-hybridized carbons (Fsp3) is 0.647. The van der Waals surface area contributed by atoms with Crippen LogP contribution < -0.4 is 5.32 Å². The third-order valence-electron chi connectivity index (χ3n) is 3.81. The quantitative estimate of drug-likeness (QED) is 0.755. The first-order chi connectivity index (χ1) is 9.27. The van der Waals surface area contributed by atoms with Crippen LogP contribution in [0.3, 0.4) is 0 Å². The SMILES string of the molecule is CC(C)CCCCNCC1OCCc2ccccc21. The van der Waals surface area contributed by atoms with Gasteiger partial charge in [-0.05, 0) is 36.4 Å². The lowest BCUT2D eigenvalue weighted by atomic mass is 9.97. The minimum atomic E-state index is 0.245. The number of hydrogen-bond donors (Lipinski definition) is 1. The molecule has 1 atom stereocenters. The monoisotopic (exact) mass is 261 g/mol. The zero-order valence-electron chi connectivity index (χ0n) is 12.3. The van der Waals surface area contributed by atoms with Gasteiger partial charge in [-0.1, -0.05) is 51.0 Å². The summed E-state index contributed by atoms with van der Waals surface area (Å²) in [6, 6.07) is 8.68. The predicted octanol–water partition coefficient (Wildman–Crippen LogP) is 3.72. The summed E-state index contributed by atoms with van der Waals surface area (Å²) in [7, 11) is 0. The van der Waals surface area contributed by atoms with Crippen molar-refractivity contribution in [1.29, 1.82) is 0 Å². The summed E-state index contributed by atoms with van der Waals surface area (Å²) in [5.41, 5.74) is 2.84. The van der Waals surface area contributed by atoms with Gasteiger partial charge in [0.2, 0.25) is 0 Å². The smallest absolute Gasteiger partial charge is 0.0952 e. The molecule has 0 aliphatic carbocycles. The molecule has 0 saturated heterocycles. The number of nitrogens with one attached hydrogen (secondary N) is 1. The highest BCUT2D eigenvalue weighted by atomic mass is 16.5. The molecule has 0 spiro atoms. The Bertz CT molecular complexity index is 375. The molecule has 1 heterocycles. The predicted molar refractivity (Wildman–Crippen MR) is 80.4 cm³/mol. The normalized spacial score (nSPS) is 18.6. The van der Waals surface area contributed by atoms with E-state index in [1.54, 1.807) is 0 Å². The highest BCUT2D eigenvalue weighted by Gasteiger charge is 2.19. The Hall–Kier alpha value is -0.860. The number of benzene rings is 1. The number of hydrogen-bond acceptors (Lipinski definition) is 2. The maximum absolute atomic E-state index is 5.89. The Labute approximate surface area is 117 Å². The molecular formula is C17H27NO. The van der Waals surface area contributed by atoms with E-state index in [1.165, 1.54) is 30.4 Å². The number of fused-ring (bicyclic) bond motifs is 1. The minimum Gasteiger partial charge on any atom is -0.372 e. The van der Waals surface area contributed by atoms with E-state index in [9.17, 15) is 0 Å². The van der Waals surface area contributed by atoms with Gasteiger partial charge in [0.15, 0.2) is 0 Å². The Morgan fingerprint density at radius 2 is 2.11 bits per heavy atom. The average molecular weight is 261 g/mol. The van der Waals surface area contributed by atoms with E-state index in [2.05, 4.69) is 43.4 Å². The van der Waals surface area contributed by atoms with E-state index in [-0.39, 0.29) is 6.10 Å². The number of ether oxygens (including phenoxy) is 1. The third-order valence-corrected chi connectivity index (χ3v) is 3.81. The van der Waals surface area contributed by atoms with Crippen LogP contribution in [0.4, 0.5) is 0 Å². The molecule has 106 valence electrons. The lowest BCUT2D eigenvalue weighted by Crippen LogP contribution is -2.28. The molecule has 0 radical (unpaired) electrons. The topological polar surface area (TPSA) is 21.3 Å². The first-order valence-electron chi connectivity index (χ1n) is 7.67. The van der Waals surface area contributed by atoms with Crippen molar-refractivity contribution in [2.24, 2.45) is 5.92 Å². The van der Waals surface area contributed by atoms with Gasteiger partial charge in [0.1, 0.15) is 0 Å². The summed E-state index contributed by atoms with van der Waals surface area (Å²) in [5.74, 6) is 0.827. The van der Waals surface area contributed by atoms with Crippen molar-refractivity contribution in [2.45, 2.75) is 45.6 Å². The van der Waals surface area contributed by atoms with Crippen molar-refractivity contribution in [3.05, 3.63) is 35.4 Å². The molecule has 1 aromatic carbocycles. The maximum Gasteiger partial charge on any atom is 0.0952 e. The van der Waals surface area contributed by atoms with E-state index in [4.69, 9.17) is 4.74 Å². The minimum absolute atomic E-state index is 0.245. The van der Waals surface area contributed by atoms with Crippen molar-refractivity contribution in [3.63, 3.8) is 0 Å². The molecule has 2 nitrogen and oxygen atoms in total. The van der Waals surface area contributed by atoms with E-state index in [0.29, 0.717) is 0 Å². The lowest BCUT2D eigenvalue weighted by Gasteiger charge is -2.26. The van der Waals surface area contributed by atoms with Crippen LogP contribution in [0.15, 0.2) is 24.3 Å². The van der Waals surface area contributed by atoms with Crippen LogP contribution in [0, 0.1) is 5.92 Å². The van der Waals surface area contributed by atoms with Crippen molar-refractivity contribution in [3.8, 4) is 0 Å². The van der Waals surface area contributed by atoms with Crippen LogP contribution in [-0.2, 0) is 11.2 Å². The molecular weight excluding hydrogens is 234 g/mol. The lowest BCUT2D eigenvalue weighted by molar-refractivity contribution is 0.0426. The van der Waals surface area contributed by atoms with Crippen molar-refractivity contribution in [1.82, 2.24) is 5.32 Å². The summed E-state index contributed by atoms with van der Waals surface area (Å²) in [4.78, 5) is 0. The van der Waals surface area contributed by atoms with Crippen LogP contribution in [0.25, 0.3) is 0 Å². The van der Waals surface area contributed by atoms with Crippen molar-refractivity contribution in [2.75, 3.05) is 19.7 Å². The fourth-order valence-corrected chi connectivity index (χ4v) is 2.68. The summed E-state index contributed by atoms with van der Waals surface area (Å²) < 4.78 is 5.89. The highest BCUT2D eigenvalue weighted by Crippen LogP contribution is 2.26. The Kier molecular flexibility index (Phi) is 5.87. The van der Waals surface area contributed by atoms with Gasteiger partial charge in [-0.25, -0.2) is 0 Å². The molecule has 0 amide bonds. The molecule has 0 saturated carbocycles. The molecule has 1 aliphatic heterocycles. The maximum atomic E-state index is 5.89. The number of unbranched alkanes of at least 4 members (excludes halogenated alkanes) is 1. The molecule has 0 bridgehead atoms. The highest BCUT2D eigenvalue weighted by molar-refractivity contribution is 5.31. The summed E-state index contributed by atoms with van der Waals surface area (Å²) in [5, 5.41) is 3.54. The van der Waals surface area contributed by atoms with Crippen LogP contribution in [0.1, 0.15) is 50.3 Å². The second-order valence-corrected chi connectivity index (χ2v) is 5.90. The van der Waals surface area contributed by atoms with Crippen LogP contribution in [-0.4, -0.2) is 19.7 Å². The summed E-state index contributed by atoms with van der Waals surface area (Å²) in [6.45, 7) is 7.49. The Morgan fingerprint density at radius 3 is 2.95 bits per heavy atom. The molecule has 1 aromatic rings. The van der Waals surface area contributed by atoms with Gasteiger partial charge < -0.3 is 10.1 Å². The van der Waals surface area contributed by atoms with Gasteiger partial charge in [0.25, 0.3) is 0 Å². The number of rotatable bonds is 7. The molecule has 1 aliphatic rings. The van der Waals surface area contributed by atoms with E-state index in [1.807, 2.05) is 0 Å². The Morgan fingerprint density at radius 1 is 1.26 bits per heavy atom. The second-order valence-electron chi connectivity index (χ2n) is 5.90. The zero-order valence-corrected chi connectivity index (χ0v) is 12.3. The van der Waals surface area contributed by atoms with E-state index in [0.717, 1.165) is 32.0 Å². The molecule has 0 fully saturated rings. The molecule has 1 N–H and O–H groups in total. The van der Waals surface area contributed by atoms with Crippen molar-refractivity contribution >= 4 is 0 Å². The summed E-state index contributed by atoms with van der Waals surface area (Å²) >= 11 is 0. The average Bonchev–Trinajstić information content (AvgIpc) is 2.42. The molecule has 2 rings (SSSR count). The van der Waals surface area contributed by atoms with Crippen LogP contribution in [0.2, 0.25) is 0 Å². The standard InChI is InChI=1S/C17H27NO/c1-14(2)7-5-6-11-18-13-17-16-9-4-3-8-15(16)10-12-19-17/h3-4,8-9,14,17-18H,5-7,10-13H2,1-2H3. The molecule has 19 heavy (non-hydrogen) atoms. The van der Waals surface area contributed by atoms with Crippen molar-refractivity contribution < 1.29 is 4.74 Å². The molecule has 1 unspecified atom stereocenters. The van der Waals surface area contributed by atoms with Gasteiger partial charge in [-0.15, -0.1) is 0 Å². The first-order valence-corrected chi connectivity index (χ1v) is 7.67. The van der Waals surface area contributed by atoms with Gasteiger partial charge in [0.05, 0.1) is 12.7 Å². The second kappa shape index (κ2) is 7.66. The van der Waals surface area contributed by atoms with E-state index < -0.39 is 0 Å². The van der Waals surface area contributed by atoms with Gasteiger partial charge in [0, 0.05) is 6.54 Å². The van der Waals surface area contributed by atoms with Crippen LogP contribution in [0.5, 0.6) is 0 Å². The largest absolute Gasteiger partial charge is 0.372 e. The molecule has 0 aromatic heterocycles. The third kappa shape index (κ3) is 4.63. The van der Waals surface area contributed by atoms with Gasteiger partial charge >= 0.3 is 0 Å². The zero-order chi connectivity index (χ0) is 13.5. The van der Waals surface area contributed by atoms with Gasteiger partial charge in [-0.3, -0.25) is 0 Å².